The largest absolute Gasteiger partial charge is 0.419 e. The van der Waals surface area contributed by atoms with Crippen molar-refractivity contribution in [2.75, 3.05) is 4.31 Å². The van der Waals surface area contributed by atoms with Crippen molar-refractivity contribution in [3.63, 3.8) is 0 Å². The smallest absolute Gasteiger partial charge is 0.301 e. The van der Waals surface area contributed by atoms with Gasteiger partial charge in [0.05, 0.1) is 27.7 Å². The molecule has 5 nitrogen and oxygen atoms in total. The minimum absolute atomic E-state index is 0.0227. The van der Waals surface area contributed by atoms with Crippen molar-refractivity contribution in [3.8, 4) is 0 Å². The Bertz CT molecular complexity index is 1440. The zero-order valence-corrected chi connectivity index (χ0v) is 18.6. The normalized spacial score (nSPS) is 12.3. The first-order chi connectivity index (χ1) is 15.5. The summed E-state index contributed by atoms with van der Waals surface area (Å²) < 4.78 is 82.6. The fraction of sp³-hybridized carbons (Fsp3) is 0.136. The molecule has 0 unspecified atom stereocenters. The van der Waals surface area contributed by atoms with Crippen molar-refractivity contribution in [1.82, 2.24) is 9.38 Å². The molecule has 2 heterocycles. The van der Waals surface area contributed by atoms with Crippen molar-refractivity contribution in [3.05, 3.63) is 94.5 Å². The van der Waals surface area contributed by atoms with Crippen LogP contribution in [0.5, 0.6) is 0 Å². The SMILES string of the molecule is Cc1c(N(Cc2ccc(C(F)(F)F)c(F)c2)S(=O)(=O)c2ccccc2)nc2ccc(Cl)cn12. The Morgan fingerprint density at radius 1 is 1.06 bits per heavy atom. The Labute approximate surface area is 191 Å². The van der Waals surface area contributed by atoms with Gasteiger partial charge in [-0.2, -0.15) is 13.2 Å². The second-order valence-corrected chi connectivity index (χ2v) is 9.53. The summed E-state index contributed by atoms with van der Waals surface area (Å²) in [5.74, 6) is -1.45. The summed E-state index contributed by atoms with van der Waals surface area (Å²) in [6, 6.07) is 13.0. The molecule has 0 N–H and O–H groups in total. The minimum atomic E-state index is -4.87. The topological polar surface area (TPSA) is 54.7 Å². The first-order valence-corrected chi connectivity index (χ1v) is 11.4. The van der Waals surface area contributed by atoms with E-state index in [4.69, 9.17) is 11.6 Å². The van der Waals surface area contributed by atoms with Crippen molar-refractivity contribution < 1.29 is 26.0 Å². The maximum absolute atomic E-state index is 14.2. The third kappa shape index (κ3) is 4.40. The van der Waals surface area contributed by atoms with Crippen molar-refractivity contribution in [2.45, 2.75) is 24.5 Å². The molecule has 0 aliphatic rings. The number of sulfonamides is 1. The lowest BCUT2D eigenvalue weighted by Gasteiger charge is -2.23. The molecular weight excluding hydrogens is 482 g/mol. The molecule has 33 heavy (non-hydrogen) atoms. The van der Waals surface area contributed by atoms with Crippen LogP contribution in [0.2, 0.25) is 5.02 Å². The Balaban J connectivity index is 1.86. The van der Waals surface area contributed by atoms with Gasteiger partial charge in [0.15, 0.2) is 5.82 Å². The Morgan fingerprint density at radius 2 is 1.76 bits per heavy atom. The quantitative estimate of drug-likeness (QED) is 0.325. The van der Waals surface area contributed by atoms with Gasteiger partial charge in [-0.05, 0) is 48.9 Å². The van der Waals surface area contributed by atoms with Gasteiger partial charge in [0.2, 0.25) is 0 Å². The van der Waals surface area contributed by atoms with Crippen molar-refractivity contribution in [2.24, 2.45) is 0 Å². The predicted molar refractivity (Wildman–Crippen MR) is 116 cm³/mol. The summed E-state index contributed by atoms with van der Waals surface area (Å²) in [4.78, 5) is 4.35. The summed E-state index contributed by atoms with van der Waals surface area (Å²) in [6.07, 6.45) is -3.30. The Morgan fingerprint density at radius 3 is 2.39 bits per heavy atom. The molecule has 0 bridgehead atoms. The van der Waals surface area contributed by atoms with E-state index in [1.54, 1.807) is 47.9 Å². The number of aromatic nitrogens is 2. The summed E-state index contributed by atoms with van der Waals surface area (Å²) >= 11 is 6.05. The van der Waals surface area contributed by atoms with Gasteiger partial charge in [-0.1, -0.05) is 35.9 Å². The molecule has 2 aromatic heterocycles. The predicted octanol–water partition coefficient (Wildman–Crippen LogP) is 5.85. The molecule has 11 heteroatoms. The van der Waals surface area contributed by atoms with E-state index in [1.165, 1.54) is 12.1 Å². The summed E-state index contributed by atoms with van der Waals surface area (Å²) in [6.45, 7) is 1.19. The van der Waals surface area contributed by atoms with Crippen LogP contribution in [0.25, 0.3) is 5.65 Å². The van der Waals surface area contributed by atoms with Gasteiger partial charge in [0, 0.05) is 6.20 Å². The molecule has 0 aliphatic heterocycles. The number of alkyl halides is 3. The van der Waals surface area contributed by atoms with E-state index < -0.39 is 34.1 Å². The van der Waals surface area contributed by atoms with Crippen LogP contribution in [0.1, 0.15) is 16.8 Å². The standard InChI is InChI=1S/C22H16ClF4N3O2S/c1-14-21(28-20-10-8-16(23)13-29(14)20)30(33(31,32)17-5-3-2-4-6-17)12-15-7-9-18(19(24)11-15)22(25,26)27/h2-11,13H,12H2,1H3. The van der Waals surface area contributed by atoms with Crippen LogP contribution in [-0.2, 0) is 22.7 Å². The number of hydrogen-bond acceptors (Lipinski definition) is 3. The zero-order valence-electron chi connectivity index (χ0n) is 17.0. The average molecular weight is 498 g/mol. The number of hydrogen-bond donors (Lipinski definition) is 0. The average Bonchev–Trinajstić information content (AvgIpc) is 3.07. The molecule has 2 aromatic carbocycles. The Kier molecular flexibility index (Phi) is 5.83. The maximum Gasteiger partial charge on any atom is 0.419 e. The van der Waals surface area contributed by atoms with Crippen LogP contribution in [0, 0.1) is 12.7 Å². The number of imidazole rings is 1. The molecule has 0 spiro atoms. The van der Waals surface area contributed by atoms with Crippen LogP contribution < -0.4 is 4.31 Å². The third-order valence-corrected chi connectivity index (χ3v) is 7.00. The van der Waals surface area contributed by atoms with Crippen LogP contribution in [0.4, 0.5) is 23.4 Å². The van der Waals surface area contributed by atoms with Crippen LogP contribution in [0.15, 0.2) is 71.8 Å². The van der Waals surface area contributed by atoms with E-state index in [2.05, 4.69) is 4.98 Å². The summed E-state index contributed by atoms with van der Waals surface area (Å²) in [5, 5.41) is 0.400. The maximum atomic E-state index is 14.2. The summed E-state index contributed by atoms with van der Waals surface area (Å²) in [5.41, 5.74) is -0.560. The lowest BCUT2D eigenvalue weighted by molar-refractivity contribution is -0.140. The third-order valence-electron chi connectivity index (χ3n) is 5.03. The molecule has 0 amide bonds. The van der Waals surface area contributed by atoms with Crippen molar-refractivity contribution >= 4 is 33.1 Å². The highest BCUT2D eigenvalue weighted by Gasteiger charge is 2.35. The second kappa shape index (κ2) is 8.35. The fourth-order valence-corrected chi connectivity index (χ4v) is 5.04. The number of rotatable bonds is 5. The Hall–Kier alpha value is -3.11. The van der Waals surface area contributed by atoms with E-state index in [9.17, 15) is 26.0 Å². The van der Waals surface area contributed by atoms with Gasteiger partial charge in [0.1, 0.15) is 11.5 Å². The number of benzene rings is 2. The minimum Gasteiger partial charge on any atom is -0.301 e. The number of fused-ring (bicyclic) bond motifs is 1. The van der Waals surface area contributed by atoms with E-state index in [0.29, 0.717) is 28.5 Å². The van der Waals surface area contributed by atoms with Crippen LogP contribution >= 0.6 is 11.6 Å². The van der Waals surface area contributed by atoms with Gasteiger partial charge < -0.3 is 4.40 Å². The highest BCUT2D eigenvalue weighted by Crippen LogP contribution is 2.33. The molecule has 0 saturated heterocycles. The molecule has 0 atom stereocenters. The molecule has 0 radical (unpaired) electrons. The molecule has 4 aromatic rings. The first-order valence-electron chi connectivity index (χ1n) is 9.56. The number of anilines is 1. The lowest BCUT2D eigenvalue weighted by atomic mass is 10.1. The molecule has 0 aliphatic carbocycles. The van der Waals surface area contributed by atoms with Gasteiger partial charge in [-0.3, -0.25) is 0 Å². The molecule has 0 saturated carbocycles. The molecular formula is C22H16ClF4N3O2S. The van der Waals surface area contributed by atoms with Crippen LogP contribution in [-0.4, -0.2) is 17.8 Å². The summed E-state index contributed by atoms with van der Waals surface area (Å²) in [7, 11) is -4.20. The number of pyridine rings is 1. The molecule has 172 valence electrons. The first kappa shape index (κ1) is 23.1. The highest BCUT2D eigenvalue weighted by atomic mass is 35.5. The van der Waals surface area contributed by atoms with E-state index in [0.717, 1.165) is 10.4 Å². The molecule has 4 rings (SSSR count). The van der Waals surface area contributed by atoms with Gasteiger partial charge in [0.25, 0.3) is 10.0 Å². The van der Waals surface area contributed by atoms with Gasteiger partial charge in [-0.15, -0.1) is 0 Å². The monoisotopic (exact) mass is 497 g/mol. The van der Waals surface area contributed by atoms with Crippen LogP contribution in [0.3, 0.4) is 0 Å². The van der Waals surface area contributed by atoms with E-state index >= 15 is 0 Å². The van der Waals surface area contributed by atoms with Crippen molar-refractivity contribution in [1.29, 1.82) is 0 Å². The van der Waals surface area contributed by atoms with E-state index in [1.807, 2.05) is 0 Å². The molecule has 0 fully saturated rings. The second-order valence-electron chi connectivity index (χ2n) is 7.23. The fourth-order valence-electron chi connectivity index (χ4n) is 3.41. The highest BCUT2D eigenvalue weighted by molar-refractivity contribution is 7.92. The lowest BCUT2D eigenvalue weighted by Crippen LogP contribution is -2.31. The number of halogens is 5. The van der Waals surface area contributed by atoms with Gasteiger partial charge in [-0.25, -0.2) is 22.1 Å². The number of nitrogens with zero attached hydrogens (tertiary/aromatic N) is 3. The number of aryl methyl sites for hydroxylation is 1. The van der Waals surface area contributed by atoms with E-state index in [-0.39, 0.29) is 16.3 Å². The van der Waals surface area contributed by atoms with Gasteiger partial charge >= 0.3 is 6.18 Å². The zero-order chi connectivity index (χ0) is 24.0.